The van der Waals surface area contributed by atoms with Crippen molar-refractivity contribution < 1.29 is 9.53 Å². The summed E-state index contributed by atoms with van der Waals surface area (Å²) in [5.74, 6) is 0.0288. The summed E-state index contributed by atoms with van der Waals surface area (Å²) < 4.78 is 7.43. The molecule has 2 atom stereocenters. The highest BCUT2D eigenvalue weighted by molar-refractivity contribution is 8.00. The third kappa shape index (κ3) is 4.28. The van der Waals surface area contributed by atoms with Crippen LogP contribution in [0.25, 0.3) is 10.9 Å². The Bertz CT molecular complexity index is 1090. The molecule has 0 radical (unpaired) electrons. The average molecular weight is 409 g/mol. The monoisotopic (exact) mass is 408 g/mol. The van der Waals surface area contributed by atoms with E-state index >= 15 is 0 Å². The minimum absolute atomic E-state index is 0.0121. The summed E-state index contributed by atoms with van der Waals surface area (Å²) in [4.78, 5) is 30.8. The van der Waals surface area contributed by atoms with E-state index in [1.54, 1.807) is 10.6 Å². The van der Waals surface area contributed by atoms with Crippen molar-refractivity contribution in [2.45, 2.75) is 49.7 Å². The van der Waals surface area contributed by atoms with Gasteiger partial charge in [-0.2, -0.15) is 0 Å². The highest BCUT2D eigenvalue weighted by atomic mass is 32.2. The Balaban J connectivity index is 1.68. The Kier molecular flexibility index (Phi) is 5.83. The number of Topliss-reactive ketones (excluding diaryl/α,β-unsaturated/α-hetero) is 1. The van der Waals surface area contributed by atoms with E-state index < -0.39 is 0 Å². The molecule has 0 amide bonds. The van der Waals surface area contributed by atoms with Gasteiger partial charge in [-0.15, -0.1) is 0 Å². The first-order valence-electron chi connectivity index (χ1n) is 9.91. The molecular formula is C23H24N2O3S. The first-order valence-corrected chi connectivity index (χ1v) is 10.8. The van der Waals surface area contributed by atoms with Gasteiger partial charge < -0.3 is 4.74 Å². The number of para-hydroxylation sites is 1. The zero-order valence-corrected chi connectivity index (χ0v) is 17.4. The molecule has 1 fully saturated rings. The minimum atomic E-state index is -0.360. The largest absolute Gasteiger partial charge is 0.376 e. The van der Waals surface area contributed by atoms with Crippen molar-refractivity contribution in [3.63, 3.8) is 0 Å². The van der Waals surface area contributed by atoms with E-state index in [-0.39, 0.29) is 22.7 Å². The molecule has 0 bridgehead atoms. The molecule has 6 heteroatoms. The standard InChI is InChI=1S/C23H24N2O3S/c1-15-9-11-17(12-10-15)21(26)16(2)29-23-24-20-8-4-3-7-19(20)22(27)25(23)14-18-6-5-13-28-18/h3-4,7-12,16,18H,5-6,13-14H2,1-2H3. The molecule has 0 saturated carbocycles. The van der Waals surface area contributed by atoms with Gasteiger partial charge in [0, 0.05) is 12.2 Å². The molecule has 5 nitrogen and oxygen atoms in total. The van der Waals surface area contributed by atoms with Crippen LogP contribution < -0.4 is 5.56 Å². The lowest BCUT2D eigenvalue weighted by atomic mass is 10.1. The molecule has 1 saturated heterocycles. The van der Waals surface area contributed by atoms with Crippen molar-refractivity contribution in [1.82, 2.24) is 9.55 Å². The second kappa shape index (κ2) is 8.51. The fourth-order valence-corrected chi connectivity index (χ4v) is 4.55. The molecule has 2 aromatic carbocycles. The molecule has 1 aliphatic rings. The third-order valence-electron chi connectivity index (χ3n) is 5.22. The van der Waals surface area contributed by atoms with Crippen LogP contribution in [0, 0.1) is 6.92 Å². The van der Waals surface area contributed by atoms with Crippen LogP contribution in [-0.4, -0.2) is 33.3 Å². The molecule has 2 unspecified atom stereocenters. The van der Waals surface area contributed by atoms with Crippen LogP contribution >= 0.6 is 11.8 Å². The number of benzene rings is 2. The van der Waals surface area contributed by atoms with E-state index in [4.69, 9.17) is 9.72 Å². The Morgan fingerprint density at radius 3 is 2.72 bits per heavy atom. The van der Waals surface area contributed by atoms with Crippen molar-refractivity contribution in [2.24, 2.45) is 0 Å². The number of aryl methyl sites for hydroxylation is 1. The Labute approximate surface area is 174 Å². The van der Waals surface area contributed by atoms with Gasteiger partial charge in [-0.05, 0) is 38.8 Å². The maximum Gasteiger partial charge on any atom is 0.262 e. The summed E-state index contributed by atoms with van der Waals surface area (Å²) in [6.07, 6.45) is 1.95. The van der Waals surface area contributed by atoms with E-state index in [1.807, 2.05) is 56.3 Å². The van der Waals surface area contributed by atoms with Crippen LogP contribution in [0.1, 0.15) is 35.7 Å². The maximum atomic E-state index is 13.2. The van der Waals surface area contributed by atoms with E-state index in [0.29, 0.717) is 28.2 Å². The molecule has 0 spiro atoms. The number of ether oxygens (including phenoxy) is 1. The molecule has 3 aromatic rings. The highest BCUT2D eigenvalue weighted by Gasteiger charge is 2.23. The van der Waals surface area contributed by atoms with E-state index in [1.165, 1.54) is 11.8 Å². The van der Waals surface area contributed by atoms with Gasteiger partial charge in [-0.1, -0.05) is 53.7 Å². The number of aromatic nitrogens is 2. The van der Waals surface area contributed by atoms with Gasteiger partial charge in [0.15, 0.2) is 10.9 Å². The predicted molar refractivity (Wildman–Crippen MR) is 116 cm³/mol. The Morgan fingerprint density at radius 2 is 2.00 bits per heavy atom. The summed E-state index contributed by atoms with van der Waals surface area (Å²) in [6, 6.07) is 14.9. The van der Waals surface area contributed by atoms with Crippen LogP contribution in [-0.2, 0) is 11.3 Å². The number of fused-ring (bicyclic) bond motifs is 1. The second-order valence-corrected chi connectivity index (χ2v) is 8.76. The molecule has 150 valence electrons. The number of carbonyl (C=O) groups excluding carboxylic acids is 1. The zero-order chi connectivity index (χ0) is 20.4. The molecule has 0 aliphatic carbocycles. The first kappa shape index (κ1) is 19.9. The number of rotatable bonds is 6. The van der Waals surface area contributed by atoms with Crippen LogP contribution in [0.15, 0.2) is 58.5 Å². The Morgan fingerprint density at radius 1 is 1.24 bits per heavy atom. The quantitative estimate of drug-likeness (QED) is 0.347. The van der Waals surface area contributed by atoms with Gasteiger partial charge >= 0.3 is 0 Å². The highest BCUT2D eigenvalue weighted by Crippen LogP contribution is 2.26. The first-order chi connectivity index (χ1) is 14.0. The van der Waals surface area contributed by atoms with Crippen LogP contribution in [0.3, 0.4) is 0 Å². The van der Waals surface area contributed by atoms with Gasteiger partial charge in [0.05, 0.1) is 28.8 Å². The number of thioether (sulfide) groups is 1. The smallest absolute Gasteiger partial charge is 0.262 e. The number of hydrogen-bond acceptors (Lipinski definition) is 5. The van der Waals surface area contributed by atoms with Crippen LogP contribution in [0.2, 0.25) is 0 Å². The number of ketones is 1. The SMILES string of the molecule is Cc1ccc(C(=O)C(C)Sc2nc3ccccc3c(=O)n2CC2CCCO2)cc1. The van der Waals surface area contributed by atoms with Crippen LogP contribution in [0.5, 0.6) is 0 Å². The summed E-state index contributed by atoms with van der Waals surface area (Å²) in [5, 5.41) is 0.797. The van der Waals surface area contributed by atoms with Crippen molar-refractivity contribution in [1.29, 1.82) is 0 Å². The number of nitrogens with zero attached hydrogens (tertiary/aromatic N) is 2. The van der Waals surface area contributed by atoms with Crippen LogP contribution in [0.4, 0.5) is 0 Å². The van der Waals surface area contributed by atoms with Crippen molar-refractivity contribution in [2.75, 3.05) is 6.61 Å². The number of carbonyl (C=O) groups is 1. The summed E-state index contributed by atoms with van der Waals surface area (Å²) in [6.45, 7) is 5.05. The van der Waals surface area contributed by atoms with Gasteiger partial charge in [-0.3, -0.25) is 14.2 Å². The normalized spacial score (nSPS) is 17.5. The third-order valence-corrected chi connectivity index (χ3v) is 6.31. The van der Waals surface area contributed by atoms with Crippen molar-refractivity contribution >= 4 is 28.4 Å². The fourth-order valence-electron chi connectivity index (χ4n) is 3.55. The predicted octanol–water partition coefficient (Wildman–Crippen LogP) is 4.25. The van der Waals surface area contributed by atoms with Gasteiger partial charge in [-0.25, -0.2) is 4.98 Å². The summed E-state index contributed by atoms with van der Waals surface area (Å²) >= 11 is 1.34. The molecule has 0 N–H and O–H groups in total. The Hall–Kier alpha value is -2.44. The topological polar surface area (TPSA) is 61.2 Å². The summed E-state index contributed by atoms with van der Waals surface area (Å²) in [5.41, 5.74) is 2.36. The molecule has 1 aliphatic heterocycles. The lowest BCUT2D eigenvalue weighted by Crippen LogP contribution is -2.29. The molecular weight excluding hydrogens is 384 g/mol. The lowest BCUT2D eigenvalue weighted by Gasteiger charge is -2.18. The van der Waals surface area contributed by atoms with E-state index in [9.17, 15) is 9.59 Å². The van der Waals surface area contributed by atoms with Crippen molar-refractivity contribution in [3.05, 3.63) is 70.0 Å². The van der Waals surface area contributed by atoms with E-state index in [2.05, 4.69) is 0 Å². The van der Waals surface area contributed by atoms with Gasteiger partial charge in [0.2, 0.25) is 0 Å². The lowest BCUT2D eigenvalue weighted by molar-refractivity contribution is 0.0937. The number of hydrogen-bond donors (Lipinski definition) is 0. The fraction of sp³-hybridized carbons (Fsp3) is 0.348. The average Bonchev–Trinajstić information content (AvgIpc) is 3.24. The van der Waals surface area contributed by atoms with Gasteiger partial charge in [0.25, 0.3) is 5.56 Å². The summed E-state index contributed by atoms with van der Waals surface area (Å²) in [7, 11) is 0. The maximum absolute atomic E-state index is 13.2. The minimum Gasteiger partial charge on any atom is -0.376 e. The molecule has 2 heterocycles. The van der Waals surface area contributed by atoms with Crippen molar-refractivity contribution in [3.8, 4) is 0 Å². The molecule has 29 heavy (non-hydrogen) atoms. The zero-order valence-electron chi connectivity index (χ0n) is 16.6. The molecule has 4 rings (SSSR count). The second-order valence-electron chi connectivity index (χ2n) is 7.45. The molecule has 1 aromatic heterocycles. The van der Waals surface area contributed by atoms with E-state index in [0.717, 1.165) is 25.0 Å². The van der Waals surface area contributed by atoms with Gasteiger partial charge in [0.1, 0.15) is 0 Å².